The third kappa shape index (κ3) is 6.15. The third-order valence-electron chi connectivity index (χ3n) is 4.02. The Morgan fingerprint density at radius 3 is 2.71 bits per heavy atom. The quantitative estimate of drug-likeness (QED) is 0.396. The van der Waals surface area contributed by atoms with Crippen LogP contribution in [-0.2, 0) is 15.6 Å². The molecule has 0 aromatic carbocycles. The molecule has 1 amide bonds. The van der Waals surface area contributed by atoms with Crippen LogP contribution in [0.15, 0.2) is 15.9 Å². The van der Waals surface area contributed by atoms with Crippen molar-refractivity contribution < 1.29 is 9.22 Å². The summed E-state index contributed by atoms with van der Waals surface area (Å²) in [6.07, 6.45) is 1.32. The number of aryl methyl sites for hydroxylation is 1. The summed E-state index contributed by atoms with van der Waals surface area (Å²) >= 11 is 1.08. The minimum absolute atomic E-state index is 0.0192. The average Bonchev–Trinajstić information content (AvgIpc) is 2.49. The minimum Gasteiger partial charge on any atom is -0.417 e. The lowest BCUT2D eigenvalue weighted by molar-refractivity contribution is -0.115. The summed E-state index contributed by atoms with van der Waals surface area (Å²) in [6.45, 7) is 9.31. The molecule has 0 atom stereocenters. The summed E-state index contributed by atoms with van der Waals surface area (Å²) in [7, 11) is -1.68. The highest BCUT2D eigenvalue weighted by Crippen LogP contribution is 2.23. The summed E-state index contributed by atoms with van der Waals surface area (Å²) in [5.41, 5.74) is 6.46. The van der Waals surface area contributed by atoms with Crippen LogP contribution in [0.4, 0.5) is 0 Å². The molecule has 132 valence electrons. The van der Waals surface area contributed by atoms with Crippen LogP contribution in [0.3, 0.4) is 0 Å². The van der Waals surface area contributed by atoms with Crippen molar-refractivity contribution in [2.45, 2.75) is 50.4 Å². The number of carbonyl (C=O) groups is 1. The van der Waals surface area contributed by atoms with Crippen LogP contribution in [-0.4, -0.2) is 31.6 Å². The van der Waals surface area contributed by atoms with Gasteiger partial charge in [0, 0.05) is 12.7 Å². The molecular weight excluding hydrogens is 342 g/mol. The Morgan fingerprint density at radius 2 is 2.17 bits per heavy atom. The molecule has 0 saturated heterocycles. The molecule has 0 unspecified atom stereocenters. The van der Waals surface area contributed by atoms with Gasteiger partial charge in [0.15, 0.2) is 8.32 Å². The average molecular weight is 368 g/mol. The molecule has 0 fully saturated rings. The van der Waals surface area contributed by atoms with E-state index in [9.17, 15) is 14.9 Å². The molecule has 0 aliphatic heterocycles. The summed E-state index contributed by atoms with van der Waals surface area (Å²) in [5.74, 6) is -0.477. The molecule has 0 saturated carbocycles. The van der Waals surface area contributed by atoms with Crippen molar-refractivity contribution in [3.63, 3.8) is 0 Å². The highest BCUT2D eigenvalue weighted by atomic mass is 32.2. The van der Waals surface area contributed by atoms with E-state index in [2.05, 4.69) is 38.0 Å². The van der Waals surface area contributed by atoms with Crippen molar-refractivity contribution in [2.75, 3.05) is 12.4 Å². The molecule has 24 heavy (non-hydrogen) atoms. The first-order valence-corrected chi connectivity index (χ1v) is 11.9. The predicted octanol–water partition coefficient (Wildman–Crippen LogP) is 2.39. The number of aromatic nitrogens is 1. The molecule has 3 N–H and O–H groups in total. The number of primary amides is 1. The Labute approximate surface area is 147 Å². The van der Waals surface area contributed by atoms with Crippen LogP contribution >= 0.6 is 11.8 Å². The molecule has 1 rings (SSSR count). The van der Waals surface area contributed by atoms with E-state index in [0.717, 1.165) is 18.2 Å². The molecule has 1 aromatic rings. The fraction of sp³-hybridized carbons (Fsp3) is 0.562. The monoisotopic (exact) mass is 367 g/mol. The molecule has 0 aliphatic carbocycles. The smallest absolute Gasteiger partial charge is 0.249 e. The molecule has 0 spiro atoms. The van der Waals surface area contributed by atoms with Gasteiger partial charge in [-0.25, -0.2) is 0 Å². The van der Waals surface area contributed by atoms with Crippen LogP contribution in [0, 0.1) is 11.3 Å². The van der Waals surface area contributed by atoms with E-state index in [1.165, 1.54) is 6.07 Å². The first-order valence-electron chi connectivity index (χ1n) is 7.88. The SMILES string of the molecule is CC(C)[Si](C)(C)OCCCc1cc(=O)[nH]c(SCC(N)=O)c1C#N. The van der Waals surface area contributed by atoms with E-state index < -0.39 is 14.2 Å². The number of hydrogen-bond donors (Lipinski definition) is 2. The van der Waals surface area contributed by atoms with Gasteiger partial charge in [-0.3, -0.25) is 9.59 Å². The fourth-order valence-electron chi connectivity index (χ4n) is 1.92. The Hall–Kier alpha value is -1.56. The van der Waals surface area contributed by atoms with Crippen LogP contribution in [0.1, 0.15) is 31.4 Å². The summed E-state index contributed by atoms with van der Waals surface area (Å²) in [4.78, 5) is 25.3. The van der Waals surface area contributed by atoms with E-state index in [0.29, 0.717) is 34.7 Å². The zero-order valence-corrected chi connectivity index (χ0v) is 16.5. The Morgan fingerprint density at radius 1 is 1.50 bits per heavy atom. The zero-order valence-electron chi connectivity index (χ0n) is 14.6. The Bertz CT molecular complexity index is 680. The summed E-state index contributed by atoms with van der Waals surface area (Å²) in [5, 5.41) is 9.79. The van der Waals surface area contributed by atoms with Crippen molar-refractivity contribution in [2.24, 2.45) is 5.73 Å². The first kappa shape index (κ1) is 20.5. The van der Waals surface area contributed by atoms with Gasteiger partial charge in [-0.05, 0) is 37.0 Å². The molecule has 0 aliphatic rings. The predicted molar refractivity (Wildman–Crippen MR) is 98.5 cm³/mol. The molecule has 0 bridgehead atoms. The van der Waals surface area contributed by atoms with Gasteiger partial charge in [0.1, 0.15) is 6.07 Å². The minimum atomic E-state index is -1.68. The number of hydrogen-bond acceptors (Lipinski definition) is 5. The van der Waals surface area contributed by atoms with Crippen LogP contribution < -0.4 is 11.3 Å². The van der Waals surface area contributed by atoms with Crippen LogP contribution in [0.25, 0.3) is 0 Å². The number of thioether (sulfide) groups is 1. The van der Waals surface area contributed by atoms with Gasteiger partial charge in [0.05, 0.1) is 16.3 Å². The number of amides is 1. The van der Waals surface area contributed by atoms with E-state index in [1.807, 2.05) is 0 Å². The number of nitrogens with zero attached hydrogens (tertiary/aromatic N) is 1. The van der Waals surface area contributed by atoms with Gasteiger partial charge in [-0.2, -0.15) is 5.26 Å². The maximum Gasteiger partial charge on any atom is 0.249 e. The van der Waals surface area contributed by atoms with Crippen molar-refractivity contribution in [1.82, 2.24) is 4.98 Å². The number of rotatable bonds is 9. The van der Waals surface area contributed by atoms with E-state index in [1.54, 1.807) is 0 Å². The van der Waals surface area contributed by atoms with Crippen molar-refractivity contribution in [1.29, 1.82) is 5.26 Å². The maximum absolute atomic E-state index is 11.8. The number of aromatic amines is 1. The van der Waals surface area contributed by atoms with Crippen LogP contribution in [0.2, 0.25) is 18.6 Å². The highest BCUT2D eigenvalue weighted by molar-refractivity contribution is 7.99. The molecule has 1 aromatic heterocycles. The second kappa shape index (κ2) is 9.06. The lowest BCUT2D eigenvalue weighted by Crippen LogP contribution is -2.34. The first-order chi connectivity index (χ1) is 11.2. The van der Waals surface area contributed by atoms with Crippen molar-refractivity contribution >= 4 is 26.0 Å². The highest BCUT2D eigenvalue weighted by Gasteiger charge is 2.26. The number of carbonyl (C=O) groups excluding carboxylic acids is 1. The van der Waals surface area contributed by atoms with Gasteiger partial charge < -0.3 is 15.1 Å². The second-order valence-electron chi connectivity index (χ2n) is 6.44. The fourth-order valence-corrected chi connectivity index (χ4v) is 3.71. The van der Waals surface area contributed by atoms with Crippen molar-refractivity contribution in [3.8, 4) is 6.07 Å². The summed E-state index contributed by atoms with van der Waals surface area (Å²) < 4.78 is 6.03. The van der Waals surface area contributed by atoms with E-state index in [4.69, 9.17) is 10.2 Å². The van der Waals surface area contributed by atoms with Gasteiger partial charge in [0.25, 0.3) is 0 Å². The second-order valence-corrected chi connectivity index (χ2v) is 12.1. The van der Waals surface area contributed by atoms with Gasteiger partial charge >= 0.3 is 0 Å². The zero-order chi connectivity index (χ0) is 18.3. The molecular formula is C16H25N3O3SSi. The number of nitriles is 1. The van der Waals surface area contributed by atoms with E-state index >= 15 is 0 Å². The number of nitrogens with two attached hydrogens (primary N) is 1. The lowest BCUT2D eigenvalue weighted by Gasteiger charge is -2.26. The van der Waals surface area contributed by atoms with E-state index in [-0.39, 0.29) is 11.3 Å². The maximum atomic E-state index is 11.8. The standard InChI is InChI=1S/C16H25N3O3SSi/c1-11(2)24(3,4)22-7-5-6-12-8-15(21)19-16(13(12)9-17)23-10-14(18)20/h8,11H,5-7,10H2,1-4H3,(H2,18,20)(H,19,21). The molecule has 8 heteroatoms. The topological polar surface area (TPSA) is 109 Å². The normalized spacial score (nSPS) is 11.5. The largest absolute Gasteiger partial charge is 0.417 e. The van der Waals surface area contributed by atoms with Crippen molar-refractivity contribution in [3.05, 3.63) is 27.5 Å². The number of nitrogens with one attached hydrogen (secondary N) is 1. The lowest BCUT2D eigenvalue weighted by atomic mass is 10.1. The third-order valence-corrected chi connectivity index (χ3v) is 8.77. The summed E-state index contributed by atoms with van der Waals surface area (Å²) in [6, 6.07) is 3.56. The Balaban J connectivity index is 2.79. The molecule has 6 nitrogen and oxygen atoms in total. The van der Waals surface area contributed by atoms with Gasteiger partial charge in [-0.1, -0.05) is 25.6 Å². The molecule has 0 radical (unpaired) electrons. The van der Waals surface area contributed by atoms with Gasteiger partial charge in [0.2, 0.25) is 11.5 Å². The number of pyridine rings is 1. The van der Waals surface area contributed by atoms with Crippen LogP contribution in [0.5, 0.6) is 0 Å². The molecule has 1 heterocycles. The Kier molecular flexibility index (Phi) is 7.73. The van der Waals surface area contributed by atoms with Gasteiger partial charge in [-0.15, -0.1) is 0 Å². The number of H-pyrrole nitrogens is 1.